The maximum absolute atomic E-state index is 13.8. The second-order valence-corrected chi connectivity index (χ2v) is 6.95. The van der Waals surface area contributed by atoms with Crippen LogP contribution in [0.5, 0.6) is 11.5 Å². The summed E-state index contributed by atoms with van der Waals surface area (Å²) in [4.78, 5) is 25.1. The number of amides is 2. The Hall–Kier alpha value is -3.67. The number of carbonyl (C=O) groups is 2. The van der Waals surface area contributed by atoms with Gasteiger partial charge in [-0.3, -0.25) is 9.59 Å². The summed E-state index contributed by atoms with van der Waals surface area (Å²) in [6, 6.07) is 21.9. The summed E-state index contributed by atoms with van der Waals surface area (Å²) < 4.78 is 19.5. The van der Waals surface area contributed by atoms with Gasteiger partial charge < -0.3 is 15.4 Å². The first-order valence-corrected chi connectivity index (χ1v) is 9.06. The van der Waals surface area contributed by atoms with Crippen LogP contribution in [0.4, 0.5) is 15.8 Å². The van der Waals surface area contributed by atoms with Crippen molar-refractivity contribution in [3.8, 4) is 11.5 Å². The van der Waals surface area contributed by atoms with Crippen molar-refractivity contribution in [3.63, 3.8) is 0 Å². The fourth-order valence-corrected chi connectivity index (χ4v) is 2.46. The first-order valence-electron chi connectivity index (χ1n) is 9.06. The SMILES string of the molecule is CC(C)(C(=O)Nc1ccc(Oc2ccccc2)cc1)C(=O)Nc1ccccc1F. The summed E-state index contributed by atoms with van der Waals surface area (Å²) >= 11 is 0. The number of benzene rings is 3. The van der Waals surface area contributed by atoms with Crippen molar-refractivity contribution >= 4 is 23.2 Å². The maximum Gasteiger partial charge on any atom is 0.239 e. The topological polar surface area (TPSA) is 67.4 Å². The number of ether oxygens (including phenoxy) is 1. The van der Waals surface area contributed by atoms with E-state index in [-0.39, 0.29) is 5.69 Å². The molecule has 3 aromatic carbocycles. The highest BCUT2D eigenvalue weighted by atomic mass is 19.1. The van der Waals surface area contributed by atoms with Crippen molar-refractivity contribution in [1.29, 1.82) is 0 Å². The fraction of sp³-hybridized carbons (Fsp3) is 0.130. The van der Waals surface area contributed by atoms with Gasteiger partial charge in [0.05, 0.1) is 5.69 Å². The van der Waals surface area contributed by atoms with Crippen molar-refractivity contribution in [2.24, 2.45) is 5.41 Å². The van der Waals surface area contributed by atoms with Crippen LogP contribution < -0.4 is 15.4 Å². The minimum atomic E-state index is -1.42. The van der Waals surface area contributed by atoms with Gasteiger partial charge in [-0.05, 0) is 62.4 Å². The molecule has 0 saturated heterocycles. The summed E-state index contributed by atoms with van der Waals surface area (Å²) in [5.41, 5.74) is -0.871. The Bertz CT molecular complexity index is 1000. The van der Waals surface area contributed by atoms with E-state index in [1.54, 1.807) is 30.3 Å². The lowest BCUT2D eigenvalue weighted by Crippen LogP contribution is -2.41. The van der Waals surface area contributed by atoms with Gasteiger partial charge in [-0.25, -0.2) is 4.39 Å². The van der Waals surface area contributed by atoms with Gasteiger partial charge >= 0.3 is 0 Å². The number of nitrogens with one attached hydrogen (secondary N) is 2. The third-order valence-corrected chi connectivity index (χ3v) is 4.35. The molecular formula is C23H21FN2O3. The molecule has 5 nitrogen and oxygen atoms in total. The number of carbonyl (C=O) groups excluding carboxylic acids is 2. The van der Waals surface area contributed by atoms with E-state index >= 15 is 0 Å². The number of para-hydroxylation sites is 2. The molecule has 0 aliphatic heterocycles. The monoisotopic (exact) mass is 392 g/mol. The molecule has 0 aromatic heterocycles. The van der Waals surface area contributed by atoms with E-state index < -0.39 is 23.0 Å². The van der Waals surface area contributed by atoms with Gasteiger partial charge in [0.15, 0.2) is 0 Å². The molecule has 0 aliphatic rings. The van der Waals surface area contributed by atoms with Crippen molar-refractivity contribution in [2.45, 2.75) is 13.8 Å². The van der Waals surface area contributed by atoms with Gasteiger partial charge in [0.25, 0.3) is 0 Å². The number of rotatable bonds is 6. The summed E-state index contributed by atoms with van der Waals surface area (Å²) in [6.07, 6.45) is 0. The molecule has 0 fully saturated rings. The van der Waals surface area contributed by atoms with Gasteiger partial charge in [-0.2, -0.15) is 0 Å². The van der Waals surface area contributed by atoms with Gasteiger partial charge in [0, 0.05) is 5.69 Å². The molecular weight excluding hydrogens is 371 g/mol. The third-order valence-electron chi connectivity index (χ3n) is 4.35. The van der Waals surface area contributed by atoms with Crippen molar-refractivity contribution in [1.82, 2.24) is 0 Å². The Morgan fingerprint density at radius 2 is 1.31 bits per heavy atom. The van der Waals surface area contributed by atoms with Gasteiger partial charge in [0.2, 0.25) is 11.8 Å². The molecule has 29 heavy (non-hydrogen) atoms. The van der Waals surface area contributed by atoms with E-state index in [2.05, 4.69) is 10.6 Å². The molecule has 0 spiro atoms. The molecule has 2 N–H and O–H groups in total. The van der Waals surface area contributed by atoms with Gasteiger partial charge in [0.1, 0.15) is 22.7 Å². The lowest BCUT2D eigenvalue weighted by molar-refractivity contribution is -0.135. The van der Waals surface area contributed by atoms with Crippen molar-refractivity contribution in [3.05, 3.63) is 84.7 Å². The molecule has 0 aliphatic carbocycles. The number of halogens is 1. The molecule has 3 aromatic rings. The number of hydrogen-bond acceptors (Lipinski definition) is 3. The average molecular weight is 392 g/mol. The Morgan fingerprint density at radius 3 is 1.97 bits per heavy atom. The zero-order chi connectivity index (χ0) is 20.9. The smallest absolute Gasteiger partial charge is 0.239 e. The normalized spacial score (nSPS) is 10.9. The Balaban J connectivity index is 1.63. The molecule has 3 rings (SSSR count). The van der Waals surface area contributed by atoms with Crippen LogP contribution in [0.25, 0.3) is 0 Å². The maximum atomic E-state index is 13.8. The second-order valence-electron chi connectivity index (χ2n) is 6.95. The van der Waals surface area contributed by atoms with E-state index in [1.165, 1.54) is 32.0 Å². The van der Waals surface area contributed by atoms with Crippen LogP contribution in [0, 0.1) is 11.2 Å². The standard InChI is InChI=1S/C23H21FN2O3/c1-23(2,22(28)26-20-11-7-6-10-19(20)24)21(27)25-16-12-14-18(15-13-16)29-17-8-4-3-5-9-17/h3-15H,1-2H3,(H,25,27)(H,26,28). The third kappa shape index (κ3) is 4.99. The van der Waals surface area contributed by atoms with E-state index in [0.717, 1.165) is 0 Å². The molecule has 0 bridgehead atoms. The molecule has 0 heterocycles. The van der Waals surface area contributed by atoms with Crippen LogP contribution in [0.15, 0.2) is 78.9 Å². The van der Waals surface area contributed by atoms with Crippen LogP contribution in [0.2, 0.25) is 0 Å². The van der Waals surface area contributed by atoms with Crippen LogP contribution in [0.3, 0.4) is 0 Å². The highest BCUT2D eigenvalue weighted by Gasteiger charge is 2.36. The van der Waals surface area contributed by atoms with E-state index in [4.69, 9.17) is 4.74 Å². The number of hydrogen-bond donors (Lipinski definition) is 2. The molecule has 6 heteroatoms. The van der Waals surface area contributed by atoms with Crippen LogP contribution in [0.1, 0.15) is 13.8 Å². The van der Waals surface area contributed by atoms with Gasteiger partial charge in [-0.15, -0.1) is 0 Å². The van der Waals surface area contributed by atoms with E-state index in [0.29, 0.717) is 17.2 Å². The molecule has 0 unspecified atom stereocenters. The molecule has 0 atom stereocenters. The quantitative estimate of drug-likeness (QED) is 0.565. The summed E-state index contributed by atoms with van der Waals surface area (Å²) in [5, 5.41) is 5.16. The predicted octanol–water partition coefficient (Wildman–Crippen LogP) is 5.22. The molecule has 148 valence electrons. The Morgan fingerprint density at radius 1 is 0.759 bits per heavy atom. The Kier molecular flexibility index (Phi) is 5.93. The zero-order valence-electron chi connectivity index (χ0n) is 16.1. The minimum Gasteiger partial charge on any atom is -0.457 e. The summed E-state index contributed by atoms with van der Waals surface area (Å²) in [6.45, 7) is 2.96. The minimum absolute atomic E-state index is 0.0285. The largest absolute Gasteiger partial charge is 0.457 e. The van der Waals surface area contributed by atoms with Gasteiger partial charge in [-0.1, -0.05) is 30.3 Å². The fourth-order valence-electron chi connectivity index (χ4n) is 2.46. The summed E-state index contributed by atoms with van der Waals surface area (Å²) in [5.74, 6) is -0.362. The van der Waals surface area contributed by atoms with Crippen LogP contribution >= 0.6 is 0 Å². The van der Waals surface area contributed by atoms with Crippen LogP contribution in [-0.4, -0.2) is 11.8 Å². The lowest BCUT2D eigenvalue weighted by atomic mass is 9.90. The Labute approximate surface area is 168 Å². The van der Waals surface area contributed by atoms with E-state index in [1.807, 2.05) is 30.3 Å². The van der Waals surface area contributed by atoms with E-state index in [9.17, 15) is 14.0 Å². The van der Waals surface area contributed by atoms with Crippen LogP contribution in [-0.2, 0) is 9.59 Å². The highest BCUT2D eigenvalue weighted by molar-refractivity contribution is 6.14. The molecule has 0 saturated carbocycles. The summed E-state index contributed by atoms with van der Waals surface area (Å²) in [7, 11) is 0. The first-order chi connectivity index (χ1) is 13.9. The van der Waals surface area contributed by atoms with Crippen molar-refractivity contribution < 1.29 is 18.7 Å². The molecule has 2 amide bonds. The number of anilines is 2. The predicted molar refractivity (Wildman–Crippen MR) is 110 cm³/mol. The second kappa shape index (κ2) is 8.56. The molecule has 0 radical (unpaired) electrons. The van der Waals surface area contributed by atoms with Crippen molar-refractivity contribution in [2.75, 3.05) is 10.6 Å². The highest BCUT2D eigenvalue weighted by Crippen LogP contribution is 2.25. The first kappa shape index (κ1) is 20.1. The average Bonchev–Trinajstić information content (AvgIpc) is 2.72. The lowest BCUT2D eigenvalue weighted by Gasteiger charge is -2.23. The zero-order valence-corrected chi connectivity index (χ0v) is 16.1.